The van der Waals surface area contributed by atoms with Crippen molar-refractivity contribution in [2.75, 3.05) is 160 Å². The van der Waals surface area contributed by atoms with Gasteiger partial charge in [-0.05, 0) is 214 Å². The van der Waals surface area contributed by atoms with Gasteiger partial charge in [-0.2, -0.15) is 33.9 Å². The van der Waals surface area contributed by atoms with Crippen molar-refractivity contribution in [3.05, 3.63) is 204 Å². The van der Waals surface area contributed by atoms with Crippen LogP contribution >= 0.6 is 46.4 Å². The number of fused-ring (bicyclic) bond motifs is 4. The molecule has 8 aromatic heterocycles. The van der Waals surface area contributed by atoms with E-state index in [4.69, 9.17) is 86.7 Å². The predicted octanol–water partition coefficient (Wildman–Crippen LogP) is 13.9. The van der Waals surface area contributed by atoms with Gasteiger partial charge in [0.2, 0.25) is 40.1 Å². The number of rotatable bonds is 23. The van der Waals surface area contributed by atoms with Crippen molar-refractivity contribution in [2.24, 2.45) is 0 Å². The maximum atomic E-state index is 13.9. The third-order valence-corrected chi connectivity index (χ3v) is 31.9. The number of aliphatic hydroxyl groups is 2. The highest BCUT2D eigenvalue weighted by atomic mass is 35.5. The third-order valence-electron chi connectivity index (χ3n) is 28.6. The number of halogens is 4. The van der Waals surface area contributed by atoms with E-state index in [1.165, 1.54) is 80.6 Å². The second kappa shape index (κ2) is 41.4. The fourth-order valence-electron chi connectivity index (χ4n) is 20.6. The zero-order chi connectivity index (χ0) is 102. The number of amides is 4. The zero-order valence-corrected chi connectivity index (χ0v) is 87.8. The first kappa shape index (κ1) is 102. The maximum Gasteiger partial charge on any atom is 0.256 e. The van der Waals surface area contributed by atoms with Crippen LogP contribution in [0.3, 0.4) is 0 Å². The number of hydrogen-bond acceptors (Lipinski definition) is 27. The summed E-state index contributed by atoms with van der Waals surface area (Å²) < 4.78 is 113. The van der Waals surface area contributed by atoms with E-state index in [0.29, 0.717) is 95.5 Å². The molecule has 4 aromatic carbocycles. The number of carbonyl (C=O) groups is 4. The van der Waals surface area contributed by atoms with E-state index in [1.54, 1.807) is 48.4 Å². The minimum absolute atomic E-state index is 0.195. The van der Waals surface area contributed by atoms with Gasteiger partial charge in [-0.15, -0.1) is 0 Å². The van der Waals surface area contributed by atoms with Crippen LogP contribution < -0.4 is 43.4 Å². The molecule has 2 saturated carbocycles. The molecule has 9 aliphatic heterocycles. The molecular formula is C99H117Cl4N25O14S4. The van der Waals surface area contributed by atoms with Crippen molar-refractivity contribution in [3.63, 3.8) is 0 Å². The molecule has 11 fully saturated rings. The highest BCUT2D eigenvalue weighted by Crippen LogP contribution is 2.46. The minimum atomic E-state index is -3.60. The lowest BCUT2D eigenvalue weighted by Gasteiger charge is -2.39. The molecule has 146 heavy (non-hydrogen) atoms. The summed E-state index contributed by atoms with van der Waals surface area (Å²) in [5, 5.41) is 41.2. The summed E-state index contributed by atoms with van der Waals surface area (Å²) in [5.41, 5.74) is 11.0. The predicted molar refractivity (Wildman–Crippen MR) is 562 cm³/mol. The summed E-state index contributed by atoms with van der Waals surface area (Å²) in [6.07, 6.45) is 22.6. The first-order valence-corrected chi connectivity index (χ1v) is 58.9. The lowest BCUT2D eigenvalue weighted by atomic mass is 9.98. The molecule has 0 radical (unpaired) electrons. The van der Waals surface area contributed by atoms with Crippen molar-refractivity contribution in [2.45, 2.75) is 184 Å². The van der Waals surface area contributed by atoms with Crippen LogP contribution in [0.2, 0.25) is 20.1 Å². The average molecular weight is 2150 g/mol. The molecule has 23 rings (SSSR count). The number of aryl methyl sites for hydroxylation is 1. The van der Waals surface area contributed by atoms with E-state index >= 15 is 0 Å². The Labute approximate surface area is 866 Å². The molecule has 17 heterocycles. The monoisotopic (exact) mass is 2150 g/mol. The van der Waals surface area contributed by atoms with Crippen LogP contribution in [0.1, 0.15) is 246 Å². The van der Waals surface area contributed by atoms with Gasteiger partial charge >= 0.3 is 0 Å². The van der Waals surface area contributed by atoms with Crippen LogP contribution in [0, 0.1) is 6.92 Å². The first-order chi connectivity index (χ1) is 69.8. The minimum Gasteiger partial charge on any atom is -0.391 e. The van der Waals surface area contributed by atoms with Gasteiger partial charge in [0.25, 0.3) is 23.6 Å². The fourth-order valence-corrected chi connectivity index (χ4v) is 23.6. The Hall–Kier alpha value is -11.7. The molecule has 0 bridgehead atoms. The van der Waals surface area contributed by atoms with E-state index < -0.39 is 40.1 Å². The molecule has 1 unspecified atom stereocenters. The number of β-amino-alcohol motifs (C(OH)–C–C–N with tert-alkyl or cyclic N) is 2. The van der Waals surface area contributed by atoms with E-state index in [9.17, 15) is 63.1 Å². The molecule has 5 atom stereocenters. The summed E-state index contributed by atoms with van der Waals surface area (Å²) in [5.74, 6) is 4.54. The highest BCUT2D eigenvalue weighted by Gasteiger charge is 2.42. The fraction of sp³-hybridized carbons (Fsp3) is 0.475. The first-order valence-electron chi connectivity index (χ1n) is 49.8. The number of carbonyl (C=O) groups excluding carboxylic acids is 4. The molecule has 6 N–H and O–H groups in total. The Morgan fingerprint density at radius 3 is 0.890 bits per heavy atom. The quantitative estimate of drug-likeness (QED) is 0.0346. The molecule has 9 saturated heterocycles. The Kier molecular flexibility index (Phi) is 28.8. The Morgan fingerprint density at radius 2 is 0.596 bits per heavy atom. The molecule has 0 spiro atoms. The molecular weight excluding hydrogens is 2030 g/mol. The van der Waals surface area contributed by atoms with Crippen molar-refractivity contribution >= 4 is 185 Å². The summed E-state index contributed by atoms with van der Waals surface area (Å²) in [4.78, 5) is 92.8. The number of nitrogens with zero attached hydrogens (tertiary/aromatic N) is 21. The van der Waals surface area contributed by atoms with Crippen LogP contribution in [0.5, 0.6) is 0 Å². The van der Waals surface area contributed by atoms with E-state index in [-0.39, 0.29) is 105 Å². The van der Waals surface area contributed by atoms with Crippen molar-refractivity contribution in [1.29, 1.82) is 0 Å². The van der Waals surface area contributed by atoms with Gasteiger partial charge in [-0.1, -0.05) is 46.4 Å². The number of likely N-dealkylation sites (tertiary alicyclic amines) is 4. The van der Waals surface area contributed by atoms with Gasteiger partial charge in [0.1, 0.15) is 29.1 Å². The molecule has 2 aliphatic carbocycles. The molecule has 47 heteroatoms. The number of sulfonamides is 4. The van der Waals surface area contributed by atoms with E-state index in [2.05, 4.69) is 55.5 Å². The Bertz CT molecular complexity index is 7580. The summed E-state index contributed by atoms with van der Waals surface area (Å²) in [7, 11) is -14.3. The van der Waals surface area contributed by atoms with Gasteiger partial charge in [-0.3, -0.25) is 38.1 Å². The maximum absolute atomic E-state index is 13.9. The lowest BCUT2D eigenvalue weighted by molar-refractivity contribution is 0.0600. The lowest BCUT2D eigenvalue weighted by Crippen LogP contribution is -2.51. The van der Waals surface area contributed by atoms with Crippen molar-refractivity contribution in [3.8, 4) is 0 Å². The summed E-state index contributed by atoms with van der Waals surface area (Å²) in [6.45, 7) is 12.4. The summed E-state index contributed by atoms with van der Waals surface area (Å²) >= 11 is 24.8. The number of aliphatic hydroxyl groups excluding tert-OH is 2. The average Bonchev–Trinajstić information content (AvgIpc) is 1.60. The van der Waals surface area contributed by atoms with Gasteiger partial charge in [0.15, 0.2) is 22.6 Å². The van der Waals surface area contributed by atoms with Crippen LogP contribution in [-0.2, 0) is 40.1 Å². The largest absolute Gasteiger partial charge is 0.391 e. The number of piperidine rings is 4. The van der Waals surface area contributed by atoms with Crippen molar-refractivity contribution < 1.29 is 63.1 Å². The normalized spacial score (nSPS) is 20.5. The molecule has 39 nitrogen and oxygen atoms in total. The van der Waals surface area contributed by atoms with Gasteiger partial charge < -0.3 is 54.3 Å². The molecule has 774 valence electrons. The third kappa shape index (κ3) is 22.7. The SMILES string of the molecule is CS(=O)(=O)Nc1ccc(Cl)cc1C(=O)N1CCCC[C@H]1c1cc2nc(C3CC3)cc(N3CCC3)n2n1.CS(=O)(=O)Nc1ccc(Cl)cc1C(=O)N1CCCC[C@H]1c1cc2nc(N3CCC3)cc(N3CC(O)C3)n2n1.CS(=O)(=O)Nc1ccc(Cl)cc1C(=O)N1CCCC[C@H]1c1cc2nc(N3CCC3)cc(N3CCC(O)C3)n2n1.Cc1cc(C2CC2)nc2cc([C@@H]3CCCCN3C(=O)c3cc(Cl)ccc3NS(C)(=O)=O)nn12. The van der Waals surface area contributed by atoms with Crippen LogP contribution in [0.15, 0.2) is 121 Å². The van der Waals surface area contributed by atoms with E-state index in [1.807, 2.05) is 56.9 Å². The van der Waals surface area contributed by atoms with Gasteiger partial charge in [-0.25, -0.2) is 58.1 Å². The Balaban J connectivity index is 0.000000119. The smallest absolute Gasteiger partial charge is 0.256 e. The summed E-state index contributed by atoms with van der Waals surface area (Å²) in [6, 6.07) is 33.5. The number of aromatic nitrogens is 12. The van der Waals surface area contributed by atoms with Crippen LogP contribution in [0.4, 0.5) is 51.8 Å². The van der Waals surface area contributed by atoms with Crippen LogP contribution in [0.25, 0.3) is 22.6 Å². The van der Waals surface area contributed by atoms with Crippen molar-refractivity contribution in [1.82, 2.24) is 78.0 Å². The van der Waals surface area contributed by atoms with Crippen LogP contribution in [-0.4, -0.2) is 274 Å². The number of benzene rings is 4. The number of nitrogens with one attached hydrogen (secondary N) is 4. The highest BCUT2D eigenvalue weighted by molar-refractivity contribution is 7.92. The molecule has 4 amide bonds. The molecule has 12 aromatic rings. The second-order valence-corrected chi connectivity index (χ2v) is 48.7. The van der Waals surface area contributed by atoms with E-state index in [0.717, 1.165) is 241 Å². The zero-order valence-electron chi connectivity index (χ0n) is 81.5. The Morgan fingerprint density at radius 1 is 0.301 bits per heavy atom. The standard InChI is InChI=1S/C26H32ClN7O4S.C25H30ClN7O4S.C25H29ClN6O3S.C23H26ClN5O3S/c1-39(37,38)30-20-7-6-17(27)13-19(20)26(36)33-11-3-2-5-22(33)21-14-24-28-23(31-9-4-10-31)15-25(34(24)29-21)32-12-8-18(35)16-32;1-38(36,37)29-19-7-6-16(26)11-18(19)25(35)32-10-3-2-5-21(32)20-12-23-27-22(30-8-4-9-30)13-24(33(23)28-20)31-14-17(34)15-31;1-36(34,35)29-19-9-8-17(26)13-18(19)25(33)31-12-3-2-5-22(31)21-14-23-27-20(16-6-7-16)15-24(32(23)28-21)30-10-4-11-30;1-14-11-19(15-6-7-15)25-22-13-20(26-29(14)22)21-5-3-4-10-28(21)23(30)17-12-16(24)8-9-18(17)27-33(2,31)32/h6-7,13-15,18,22,30,35H,2-5,8-12,16H2,1H3;6-7,11-13,17,21,29,34H,2-5,8-10,14-15H2,1H3;8-9,13-16,22,29H,2-7,10-12H2,1H3;8-9,11-13,15,21,27H,3-7,10H2,1-2H3/t18?,22-;21-;22-;21-/m0000/s1. The van der Waals surface area contributed by atoms with Gasteiger partial charge in [0.05, 0.1) is 129 Å². The number of anilines is 9. The number of hydrogen-bond donors (Lipinski definition) is 6. The topological polar surface area (TPSA) is 443 Å². The second-order valence-electron chi connectivity index (χ2n) is 40.0. The molecule has 11 aliphatic rings. The van der Waals surface area contributed by atoms with Gasteiger partial charge in [0, 0.05) is 183 Å².